The van der Waals surface area contributed by atoms with E-state index >= 15 is 0 Å². The normalized spacial score (nSPS) is 10.1. The van der Waals surface area contributed by atoms with Gasteiger partial charge in [0.05, 0.1) is 6.61 Å². The highest BCUT2D eigenvalue weighted by atomic mass is 32.1. The number of rotatable bonds is 4. The van der Waals surface area contributed by atoms with Gasteiger partial charge in [-0.15, -0.1) is 11.3 Å². The molecular formula is C14H14N2O3S. The van der Waals surface area contributed by atoms with Crippen molar-refractivity contribution in [3.05, 3.63) is 46.5 Å². The maximum absolute atomic E-state index is 12.0. The van der Waals surface area contributed by atoms with E-state index in [4.69, 9.17) is 4.74 Å². The van der Waals surface area contributed by atoms with Crippen molar-refractivity contribution in [2.75, 3.05) is 11.9 Å². The number of hydrogen-bond donors (Lipinski definition) is 1. The van der Waals surface area contributed by atoms with Crippen LogP contribution in [0.2, 0.25) is 0 Å². The SMILES string of the molecule is CCOC(=O)c1csc(NC(=O)c2ccc(C)cc2)n1. The maximum atomic E-state index is 12.0. The molecule has 6 heteroatoms. The van der Waals surface area contributed by atoms with Crippen molar-refractivity contribution in [2.24, 2.45) is 0 Å². The number of aryl methyl sites for hydroxylation is 1. The molecule has 0 bridgehead atoms. The zero-order valence-corrected chi connectivity index (χ0v) is 12.0. The Labute approximate surface area is 120 Å². The number of carbonyl (C=O) groups excluding carboxylic acids is 2. The Morgan fingerprint density at radius 2 is 2.00 bits per heavy atom. The fourth-order valence-corrected chi connectivity index (χ4v) is 2.18. The highest BCUT2D eigenvalue weighted by molar-refractivity contribution is 7.14. The molecule has 1 aromatic carbocycles. The monoisotopic (exact) mass is 290 g/mol. The number of hydrogen-bond acceptors (Lipinski definition) is 5. The van der Waals surface area contributed by atoms with Gasteiger partial charge in [0.15, 0.2) is 10.8 Å². The van der Waals surface area contributed by atoms with E-state index in [-0.39, 0.29) is 11.6 Å². The van der Waals surface area contributed by atoms with Crippen molar-refractivity contribution in [3.8, 4) is 0 Å². The molecule has 0 atom stereocenters. The summed E-state index contributed by atoms with van der Waals surface area (Å²) in [4.78, 5) is 27.5. The molecule has 0 saturated carbocycles. The molecule has 5 nitrogen and oxygen atoms in total. The van der Waals surface area contributed by atoms with Crippen molar-refractivity contribution in [3.63, 3.8) is 0 Å². The molecule has 2 rings (SSSR count). The highest BCUT2D eigenvalue weighted by Gasteiger charge is 2.13. The van der Waals surface area contributed by atoms with Crippen molar-refractivity contribution in [1.29, 1.82) is 0 Å². The van der Waals surface area contributed by atoms with Crippen LogP contribution < -0.4 is 5.32 Å². The third kappa shape index (κ3) is 3.42. The van der Waals surface area contributed by atoms with Crippen molar-refractivity contribution >= 4 is 28.3 Å². The lowest BCUT2D eigenvalue weighted by molar-refractivity contribution is 0.0520. The van der Waals surface area contributed by atoms with Gasteiger partial charge in [-0.2, -0.15) is 0 Å². The van der Waals surface area contributed by atoms with Crippen LogP contribution in [0.5, 0.6) is 0 Å². The molecular weight excluding hydrogens is 276 g/mol. The van der Waals surface area contributed by atoms with Crippen LogP contribution in [-0.2, 0) is 4.74 Å². The fourth-order valence-electron chi connectivity index (χ4n) is 1.50. The van der Waals surface area contributed by atoms with Gasteiger partial charge in [0.25, 0.3) is 5.91 Å². The summed E-state index contributed by atoms with van der Waals surface area (Å²) >= 11 is 1.19. The standard InChI is InChI=1S/C14H14N2O3S/c1-3-19-13(18)11-8-20-14(15-11)16-12(17)10-6-4-9(2)5-7-10/h4-8H,3H2,1-2H3,(H,15,16,17). The summed E-state index contributed by atoms with van der Waals surface area (Å²) in [7, 11) is 0. The second-order valence-electron chi connectivity index (χ2n) is 4.08. The van der Waals surface area contributed by atoms with Crippen LogP contribution in [0.3, 0.4) is 0 Å². The van der Waals surface area contributed by atoms with Gasteiger partial charge in [-0.3, -0.25) is 10.1 Å². The number of amides is 1. The molecule has 0 fully saturated rings. The van der Waals surface area contributed by atoms with Crippen LogP contribution in [0.4, 0.5) is 5.13 Å². The van der Waals surface area contributed by atoms with Crippen molar-refractivity contribution < 1.29 is 14.3 Å². The van der Waals surface area contributed by atoms with E-state index in [0.717, 1.165) is 5.56 Å². The maximum Gasteiger partial charge on any atom is 0.357 e. The quantitative estimate of drug-likeness (QED) is 0.879. The van der Waals surface area contributed by atoms with Crippen molar-refractivity contribution in [2.45, 2.75) is 13.8 Å². The number of thiazole rings is 1. The zero-order valence-electron chi connectivity index (χ0n) is 11.2. The molecule has 0 unspecified atom stereocenters. The van der Waals surface area contributed by atoms with Gasteiger partial charge in [0, 0.05) is 10.9 Å². The number of nitrogens with zero attached hydrogens (tertiary/aromatic N) is 1. The number of anilines is 1. The van der Waals surface area contributed by atoms with E-state index in [1.54, 1.807) is 24.4 Å². The first-order valence-electron chi connectivity index (χ1n) is 6.11. The number of esters is 1. The smallest absolute Gasteiger partial charge is 0.357 e. The molecule has 104 valence electrons. The summed E-state index contributed by atoms with van der Waals surface area (Å²) in [5.41, 5.74) is 1.83. The second kappa shape index (κ2) is 6.29. The van der Waals surface area contributed by atoms with Gasteiger partial charge in [0.2, 0.25) is 0 Å². The zero-order chi connectivity index (χ0) is 14.5. The molecule has 2 aromatic rings. The van der Waals surface area contributed by atoms with Crippen LogP contribution in [0.1, 0.15) is 33.3 Å². The molecule has 0 aliphatic carbocycles. The third-order valence-electron chi connectivity index (χ3n) is 2.52. The Kier molecular flexibility index (Phi) is 4.47. The van der Waals surface area contributed by atoms with Gasteiger partial charge in [-0.25, -0.2) is 9.78 Å². The van der Waals surface area contributed by atoms with Gasteiger partial charge in [0.1, 0.15) is 0 Å². The molecule has 1 N–H and O–H groups in total. The first-order chi connectivity index (χ1) is 9.60. The minimum atomic E-state index is -0.486. The van der Waals surface area contributed by atoms with E-state index in [1.807, 2.05) is 19.1 Å². The first-order valence-corrected chi connectivity index (χ1v) is 6.98. The van der Waals surface area contributed by atoms with Crippen molar-refractivity contribution in [1.82, 2.24) is 4.98 Å². The Bertz CT molecular complexity index is 620. The van der Waals surface area contributed by atoms with Crippen LogP contribution in [-0.4, -0.2) is 23.5 Å². The van der Waals surface area contributed by atoms with Gasteiger partial charge >= 0.3 is 5.97 Å². The third-order valence-corrected chi connectivity index (χ3v) is 3.28. The summed E-state index contributed by atoms with van der Waals surface area (Å²) in [5, 5.41) is 4.59. The lowest BCUT2D eigenvalue weighted by atomic mass is 10.1. The Hall–Kier alpha value is -2.21. The molecule has 1 heterocycles. The van der Waals surface area contributed by atoms with Gasteiger partial charge in [-0.05, 0) is 26.0 Å². The predicted molar refractivity (Wildman–Crippen MR) is 77.2 cm³/mol. The number of carbonyl (C=O) groups is 2. The summed E-state index contributed by atoms with van der Waals surface area (Å²) in [6.07, 6.45) is 0. The summed E-state index contributed by atoms with van der Waals surface area (Å²) in [6.45, 7) is 3.97. The lowest BCUT2D eigenvalue weighted by Gasteiger charge is -2.02. The number of ether oxygens (including phenoxy) is 1. The summed E-state index contributed by atoms with van der Waals surface area (Å²) in [6, 6.07) is 7.21. The number of benzene rings is 1. The van der Waals surface area contributed by atoms with Crippen LogP contribution in [0.15, 0.2) is 29.6 Å². The Morgan fingerprint density at radius 1 is 1.30 bits per heavy atom. The van der Waals surface area contributed by atoms with E-state index < -0.39 is 5.97 Å². The summed E-state index contributed by atoms with van der Waals surface area (Å²) < 4.78 is 4.84. The van der Waals surface area contributed by atoms with Gasteiger partial charge < -0.3 is 4.74 Å². The van der Waals surface area contributed by atoms with E-state index in [0.29, 0.717) is 17.3 Å². The number of nitrogens with one attached hydrogen (secondary N) is 1. The van der Waals surface area contributed by atoms with Crippen LogP contribution in [0.25, 0.3) is 0 Å². The molecule has 20 heavy (non-hydrogen) atoms. The molecule has 0 spiro atoms. The predicted octanol–water partition coefficient (Wildman–Crippen LogP) is 2.88. The minimum Gasteiger partial charge on any atom is -0.461 e. The van der Waals surface area contributed by atoms with Crippen LogP contribution >= 0.6 is 11.3 Å². The Morgan fingerprint density at radius 3 is 2.65 bits per heavy atom. The molecule has 1 amide bonds. The van der Waals surface area contributed by atoms with E-state index in [2.05, 4.69) is 10.3 Å². The minimum absolute atomic E-state index is 0.205. The largest absolute Gasteiger partial charge is 0.461 e. The molecule has 0 saturated heterocycles. The molecule has 1 aromatic heterocycles. The average molecular weight is 290 g/mol. The average Bonchev–Trinajstić information content (AvgIpc) is 2.88. The Balaban J connectivity index is 2.05. The first kappa shape index (κ1) is 14.2. The summed E-state index contributed by atoms with van der Waals surface area (Å²) in [5.74, 6) is -0.741. The molecule has 0 aliphatic rings. The molecule has 0 radical (unpaired) electrons. The van der Waals surface area contributed by atoms with E-state index in [1.165, 1.54) is 11.3 Å². The van der Waals surface area contributed by atoms with E-state index in [9.17, 15) is 9.59 Å². The van der Waals surface area contributed by atoms with Crippen LogP contribution in [0, 0.1) is 6.92 Å². The molecule has 0 aliphatic heterocycles. The number of aromatic nitrogens is 1. The fraction of sp³-hybridized carbons (Fsp3) is 0.214. The topological polar surface area (TPSA) is 68.3 Å². The second-order valence-corrected chi connectivity index (χ2v) is 4.94. The lowest BCUT2D eigenvalue weighted by Crippen LogP contribution is -2.12. The highest BCUT2D eigenvalue weighted by Crippen LogP contribution is 2.17. The van der Waals surface area contributed by atoms with Gasteiger partial charge in [-0.1, -0.05) is 17.7 Å².